The minimum absolute atomic E-state index is 0.0543. The molecule has 1 aromatic rings. The van der Waals surface area contributed by atoms with Gasteiger partial charge in [0.25, 0.3) is 0 Å². The van der Waals surface area contributed by atoms with Crippen LogP contribution in [0.3, 0.4) is 0 Å². The van der Waals surface area contributed by atoms with Crippen LogP contribution in [0.2, 0.25) is 0 Å². The molecular weight excluding hydrogens is 236 g/mol. The number of hydrogen-bond donors (Lipinski definition) is 1. The lowest BCUT2D eigenvalue weighted by molar-refractivity contribution is -0.121. The monoisotopic (exact) mass is 258 g/mol. The average Bonchev–Trinajstić information content (AvgIpc) is 2.42. The number of nitrogens with zero attached hydrogens (tertiary/aromatic N) is 1. The summed E-state index contributed by atoms with van der Waals surface area (Å²) in [6.45, 7) is 6.30. The van der Waals surface area contributed by atoms with Crippen molar-refractivity contribution in [2.75, 3.05) is 0 Å². The first-order valence-electron chi connectivity index (χ1n) is 6.87. The summed E-state index contributed by atoms with van der Waals surface area (Å²) in [5.41, 5.74) is 2.08. The van der Waals surface area contributed by atoms with Gasteiger partial charge >= 0.3 is 0 Å². The van der Waals surface area contributed by atoms with Crippen molar-refractivity contribution in [3.05, 3.63) is 35.4 Å². The molecule has 0 spiro atoms. The minimum atomic E-state index is -0.550. The van der Waals surface area contributed by atoms with Crippen molar-refractivity contribution < 1.29 is 4.79 Å². The Balaban J connectivity index is 2.70. The molecule has 0 radical (unpaired) electrons. The molecule has 0 saturated heterocycles. The lowest BCUT2D eigenvalue weighted by Gasteiger charge is -2.13. The third-order valence-electron chi connectivity index (χ3n) is 3.13. The summed E-state index contributed by atoms with van der Waals surface area (Å²) in [5.74, 6) is 0.412. The van der Waals surface area contributed by atoms with Gasteiger partial charge in [-0.25, -0.2) is 0 Å². The molecule has 0 aliphatic heterocycles. The molecule has 0 fully saturated rings. The highest BCUT2D eigenvalue weighted by atomic mass is 16.1. The zero-order valence-corrected chi connectivity index (χ0v) is 11.9. The van der Waals surface area contributed by atoms with Gasteiger partial charge in [-0.15, -0.1) is 0 Å². The Hall–Kier alpha value is -1.82. The number of amides is 1. The smallest absolute Gasteiger partial charge is 0.221 e. The van der Waals surface area contributed by atoms with Gasteiger partial charge in [-0.2, -0.15) is 5.26 Å². The summed E-state index contributed by atoms with van der Waals surface area (Å²) in [6.07, 6.45) is 2.32. The highest BCUT2D eigenvalue weighted by Gasteiger charge is 2.13. The third-order valence-corrected chi connectivity index (χ3v) is 3.13. The molecule has 3 heteroatoms. The van der Waals surface area contributed by atoms with E-state index in [2.05, 4.69) is 25.2 Å². The van der Waals surface area contributed by atoms with Crippen LogP contribution in [-0.4, -0.2) is 5.91 Å². The van der Waals surface area contributed by atoms with Crippen molar-refractivity contribution in [1.29, 1.82) is 5.26 Å². The fraction of sp³-hybridized carbons (Fsp3) is 0.500. The van der Waals surface area contributed by atoms with Gasteiger partial charge < -0.3 is 5.32 Å². The second kappa shape index (κ2) is 7.58. The molecule has 0 saturated carbocycles. The van der Waals surface area contributed by atoms with Gasteiger partial charge in [0.15, 0.2) is 0 Å². The van der Waals surface area contributed by atoms with Crippen LogP contribution in [0, 0.1) is 11.3 Å². The van der Waals surface area contributed by atoms with Crippen LogP contribution in [0.25, 0.3) is 0 Å². The Morgan fingerprint density at radius 1 is 1.26 bits per heavy atom. The summed E-state index contributed by atoms with van der Waals surface area (Å²) in [4.78, 5) is 11.7. The fourth-order valence-corrected chi connectivity index (χ4v) is 1.83. The molecule has 0 heterocycles. The molecule has 19 heavy (non-hydrogen) atoms. The Bertz CT molecular complexity index is 443. The lowest BCUT2D eigenvalue weighted by atomic mass is 9.99. The van der Waals surface area contributed by atoms with Crippen LogP contribution < -0.4 is 5.32 Å². The van der Waals surface area contributed by atoms with Crippen LogP contribution >= 0.6 is 0 Å². The molecule has 0 aromatic heterocycles. The predicted molar refractivity (Wildman–Crippen MR) is 76.6 cm³/mol. The second-order valence-corrected chi connectivity index (χ2v) is 5.05. The number of nitrogens with one attached hydrogen (secondary N) is 1. The van der Waals surface area contributed by atoms with E-state index >= 15 is 0 Å². The Kier molecular flexibility index (Phi) is 6.08. The first-order chi connectivity index (χ1) is 9.08. The largest absolute Gasteiger partial charge is 0.337 e. The van der Waals surface area contributed by atoms with Gasteiger partial charge in [-0.1, -0.05) is 51.5 Å². The van der Waals surface area contributed by atoms with Crippen molar-refractivity contribution in [3.63, 3.8) is 0 Å². The van der Waals surface area contributed by atoms with Gasteiger partial charge in [0.05, 0.1) is 6.07 Å². The maximum atomic E-state index is 11.7. The number of carbonyl (C=O) groups excluding carboxylic acids is 1. The normalized spacial score (nSPS) is 11.9. The van der Waals surface area contributed by atoms with Crippen molar-refractivity contribution in [1.82, 2.24) is 5.32 Å². The summed E-state index contributed by atoms with van der Waals surface area (Å²) in [5, 5.41) is 11.9. The van der Waals surface area contributed by atoms with Crippen LogP contribution in [0.4, 0.5) is 0 Å². The molecule has 1 N–H and O–H groups in total. The van der Waals surface area contributed by atoms with E-state index in [0.29, 0.717) is 12.3 Å². The van der Waals surface area contributed by atoms with Gasteiger partial charge in [0.1, 0.15) is 6.04 Å². The Morgan fingerprint density at radius 3 is 2.32 bits per heavy atom. The van der Waals surface area contributed by atoms with E-state index in [-0.39, 0.29) is 5.91 Å². The highest BCUT2D eigenvalue weighted by molar-refractivity contribution is 5.76. The average molecular weight is 258 g/mol. The van der Waals surface area contributed by atoms with Crippen LogP contribution in [0.1, 0.15) is 63.1 Å². The number of hydrogen-bond acceptors (Lipinski definition) is 2. The topological polar surface area (TPSA) is 52.9 Å². The minimum Gasteiger partial charge on any atom is -0.337 e. The van der Waals surface area contributed by atoms with E-state index in [1.807, 2.05) is 31.2 Å². The number of benzene rings is 1. The molecule has 3 nitrogen and oxygen atoms in total. The molecule has 0 aliphatic rings. The van der Waals surface area contributed by atoms with Crippen molar-refractivity contribution in [3.8, 4) is 6.07 Å². The summed E-state index contributed by atoms with van der Waals surface area (Å²) >= 11 is 0. The number of carbonyl (C=O) groups is 1. The highest BCUT2D eigenvalue weighted by Crippen LogP contribution is 2.18. The molecule has 0 aliphatic carbocycles. The summed E-state index contributed by atoms with van der Waals surface area (Å²) < 4.78 is 0. The first kappa shape index (κ1) is 15.2. The van der Waals surface area contributed by atoms with E-state index in [1.165, 1.54) is 5.56 Å². The predicted octanol–water partition coefficient (Wildman–Crippen LogP) is 3.68. The van der Waals surface area contributed by atoms with Crippen molar-refractivity contribution >= 4 is 5.91 Å². The zero-order chi connectivity index (χ0) is 14.3. The van der Waals surface area contributed by atoms with Gasteiger partial charge in [-0.05, 0) is 23.5 Å². The molecule has 1 atom stereocenters. The molecule has 1 amide bonds. The summed E-state index contributed by atoms with van der Waals surface area (Å²) in [6, 6.07) is 9.46. The molecule has 102 valence electrons. The third kappa shape index (κ3) is 4.75. The van der Waals surface area contributed by atoms with Crippen molar-refractivity contribution in [2.45, 2.75) is 52.0 Å². The lowest BCUT2D eigenvalue weighted by Crippen LogP contribution is -2.27. The van der Waals surface area contributed by atoms with Crippen LogP contribution in [0.15, 0.2) is 24.3 Å². The van der Waals surface area contributed by atoms with E-state index in [0.717, 1.165) is 18.4 Å². The van der Waals surface area contributed by atoms with Gasteiger partial charge in [-0.3, -0.25) is 4.79 Å². The summed E-state index contributed by atoms with van der Waals surface area (Å²) in [7, 11) is 0. The molecule has 1 unspecified atom stereocenters. The van der Waals surface area contributed by atoms with E-state index < -0.39 is 6.04 Å². The van der Waals surface area contributed by atoms with Gasteiger partial charge in [0, 0.05) is 6.42 Å². The second-order valence-electron chi connectivity index (χ2n) is 5.05. The maximum absolute atomic E-state index is 11.7. The molecule has 1 rings (SSSR count). The SMILES string of the molecule is CCCCC(=O)NC(C#N)c1ccc(C(C)C)cc1. The first-order valence-corrected chi connectivity index (χ1v) is 6.87. The van der Waals surface area contributed by atoms with Crippen molar-refractivity contribution in [2.24, 2.45) is 0 Å². The Labute approximate surface area is 115 Å². The quantitative estimate of drug-likeness (QED) is 0.846. The van der Waals surface area contributed by atoms with E-state index in [9.17, 15) is 4.79 Å². The van der Waals surface area contributed by atoms with Crippen LogP contribution in [0.5, 0.6) is 0 Å². The maximum Gasteiger partial charge on any atom is 0.221 e. The van der Waals surface area contributed by atoms with Gasteiger partial charge in [0.2, 0.25) is 5.91 Å². The molecule has 1 aromatic carbocycles. The van der Waals surface area contributed by atoms with Crippen LogP contribution in [-0.2, 0) is 4.79 Å². The number of rotatable bonds is 6. The zero-order valence-electron chi connectivity index (χ0n) is 11.9. The molecular formula is C16H22N2O. The number of nitriles is 1. The van der Waals surface area contributed by atoms with E-state index in [1.54, 1.807) is 0 Å². The molecule has 0 bridgehead atoms. The fourth-order valence-electron chi connectivity index (χ4n) is 1.83. The Morgan fingerprint density at radius 2 is 1.84 bits per heavy atom. The number of unbranched alkanes of at least 4 members (excludes halogenated alkanes) is 1. The van der Waals surface area contributed by atoms with E-state index in [4.69, 9.17) is 5.26 Å². The standard InChI is InChI=1S/C16H22N2O/c1-4-5-6-16(19)18-15(11-17)14-9-7-13(8-10-14)12(2)3/h7-10,12,15H,4-6H2,1-3H3,(H,18,19).